The van der Waals surface area contributed by atoms with E-state index in [0.29, 0.717) is 12.8 Å². The molecule has 0 saturated heterocycles. The summed E-state index contributed by atoms with van der Waals surface area (Å²) >= 11 is 0. The van der Waals surface area contributed by atoms with Gasteiger partial charge in [0.1, 0.15) is 0 Å². The second kappa shape index (κ2) is 37.4. The van der Waals surface area contributed by atoms with E-state index in [1.54, 1.807) is 0 Å². The van der Waals surface area contributed by atoms with Crippen LogP contribution in [0.25, 0.3) is 0 Å². The molecule has 0 saturated carbocycles. The van der Waals surface area contributed by atoms with Crippen molar-refractivity contribution in [1.82, 2.24) is 0 Å². The Kier molecular flexibility index (Phi) is 35.7. The molecule has 0 aromatic rings. The Balaban J connectivity index is 3.62. The summed E-state index contributed by atoms with van der Waals surface area (Å²) in [6, 6.07) is 0. The van der Waals surface area contributed by atoms with Crippen LogP contribution in [-0.4, -0.2) is 23.1 Å². The number of carboxylic acid groups (broad SMARTS) is 1. The van der Waals surface area contributed by atoms with Gasteiger partial charge in [-0.05, 0) is 64.2 Å². The Labute approximate surface area is 285 Å². The molecule has 0 aromatic heterocycles. The maximum atomic E-state index is 12.2. The monoisotopic (exact) mass is 643 g/mol. The summed E-state index contributed by atoms with van der Waals surface area (Å²) in [6.07, 6.45) is 50.0. The Morgan fingerprint density at radius 3 is 1.28 bits per heavy atom. The topological polar surface area (TPSA) is 63.6 Å². The van der Waals surface area contributed by atoms with Crippen molar-refractivity contribution in [3.05, 3.63) is 48.6 Å². The van der Waals surface area contributed by atoms with Gasteiger partial charge in [0, 0.05) is 6.42 Å². The van der Waals surface area contributed by atoms with Crippen LogP contribution in [0.3, 0.4) is 0 Å². The molecule has 0 rings (SSSR count). The first-order chi connectivity index (χ1) is 22.6. The fraction of sp³-hybridized carbons (Fsp3) is 0.762. The van der Waals surface area contributed by atoms with Crippen molar-refractivity contribution in [2.24, 2.45) is 0 Å². The first-order valence-corrected chi connectivity index (χ1v) is 19.6. The van der Waals surface area contributed by atoms with Gasteiger partial charge in [-0.25, -0.2) is 4.79 Å². The largest absolute Gasteiger partial charge is 0.479 e. The van der Waals surface area contributed by atoms with Crippen LogP contribution in [0, 0.1) is 0 Å². The second-order valence-electron chi connectivity index (χ2n) is 13.1. The Morgan fingerprint density at radius 2 is 0.826 bits per heavy atom. The highest BCUT2D eigenvalue weighted by atomic mass is 16.6. The Morgan fingerprint density at radius 1 is 0.478 bits per heavy atom. The summed E-state index contributed by atoms with van der Waals surface area (Å²) in [6.45, 7) is 4.51. The third-order valence-electron chi connectivity index (χ3n) is 8.58. The van der Waals surface area contributed by atoms with Gasteiger partial charge in [0.25, 0.3) is 0 Å². The molecule has 1 atom stereocenters. The molecule has 0 radical (unpaired) electrons. The number of aliphatic carboxylic acids is 1. The molecule has 0 aliphatic rings. The lowest BCUT2D eigenvalue weighted by molar-refractivity contribution is -0.164. The van der Waals surface area contributed by atoms with Gasteiger partial charge in [-0.3, -0.25) is 4.79 Å². The van der Waals surface area contributed by atoms with Gasteiger partial charge < -0.3 is 9.84 Å². The van der Waals surface area contributed by atoms with Crippen LogP contribution < -0.4 is 0 Å². The highest BCUT2D eigenvalue weighted by Gasteiger charge is 2.21. The van der Waals surface area contributed by atoms with E-state index in [-0.39, 0.29) is 5.97 Å². The highest BCUT2D eigenvalue weighted by Crippen LogP contribution is 2.15. The fourth-order valence-corrected chi connectivity index (χ4v) is 5.60. The molecule has 0 aromatic carbocycles. The minimum absolute atomic E-state index is 0.319. The first-order valence-electron chi connectivity index (χ1n) is 19.6. The standard InChI is InChI=1S/C42H74O4/c1-3-5-7-9-11-13-15-17-19-20-21-22-23-24-25-27-29-31-33-35-37-39-41(43)46-40(42(44)45)38-36-34-32-30-28-26-18-16-14-12-10-8-6-4-2/h11,13,17,19,21-22,24-25,40H,3-10,12,14-16,18,20,23,26-39H2,1-2H3,(H,44,45)/b13-11-,19-17-,22-21-,25-24-. The molecule has 0 aliphatic heterocycles. The molecular weight excluding hydrogens is 568 g/mol. The predicted octanol–water partition coefficient (Wildman–Crippen LogP) is 13.6. The van der Waals surface area contributed by atoms with Crippen LogP contribution in [0.1, 0.15) is 200 Å². The third kappa shape index (κ3) is 34.8. The van der Waals surface area contributed by atoms with Crippen molar-refractivity contribution in [3.8, 4) is 0 Å². The summed E-state index contributed by atoms with van der Waals surface area (Å²) in [5.41, 5.74) is 0. The van der Waals surface area contributed by atoms with E-state index in [0.717, 1.165) is 70.6 Å². The first kappa shape index (κ1) is 43.9. The molecule has 1 N–H and O–H groups in total. The lowest BCUT2D eigenvalue weighted by Gasteiger charge is -2.13. The maximum Gasteiger partial charge on any atom is 0.345 e. The number of rotatable bonds is 35. The van der Waals surface area contributed by atoms with Crippen molar-refractivity contribution < 1.29 is 19.4 Å². The van der Waals surface area contributed by atoms with E-state index in [2.05, 4.69) is 62.5 Å². The van der Waals surface area contributed by atoms with Gasteiger partial charge in [-0.1, -0.05) is 178 Å². The van der Waals surface area contributed by atoms with Gasteiger partial charge in [-0.2, -0.15) is 0 Å². The normalized spacial score (nSPS) is 12.7. The van der Waals surface area contributed by atoms with Gasteiger partial charge in [0.15, 0.2) is 6.10 Å². The molecule has 46 heavy (non-hydrogen) atoms. The summed E-state index contributed by atoms with van der Waals surface area (Å²) in [5, 5.41) is 9.48. The number of hydrogen-bond donors (Lipinski definition) is 1. The number of unbranched alkanes of at least 4 members (excludes halogenated alkanes) is 21. The maximum absolute atomic E-state index is 12.2. The van der Waals surface area contributed by atoms with Crippen molar-refractivity contribution in [2.75, 3.05) is 0 Å². The average molecular weight is 643 g/mol. The van der Waals surface area contributed by atoms with E-state index in [1.807, 2.05) is 0 Å². The number of esters is 1. The molecule has 4 heteroatoms. The smallest absolute Gasteiger partial charge is 0.345 e. The van der Waals surface area contributed by atoms with Crippen molar-refractivity contribution in [2.45, 2.75) is 206 Å². The van der Waals surface area contributed by atoms with Crippen LogP contribution in [0.15, 0.2) is 48.6 Å². The number of ether oxygens (including phenoxy) is 1. The van der Waals surface area contributed by atoms with Gasteiger partial charge in [-0.15, -0.1) is 0 Å². The van der Waals surface area contributed by atoms with E-state index < -0.39 is 12.1 Å². The number of allylic oxidation sites excluding steroid dienone is 8. The number of carbonyl (C=O) groups excluding carboxylic acids is 1. The van der Waals surface area contributed by atoms with E-state index >= 15 is 0 Å². The molecular formula is C42H74O4. The molecule has 1 unspecified atom stereocenters. The fourth-order valence-electron chi connectivity index (χ4n) is 5.60. The average Bonchev–Trinajstić information content (AvgIpc) is 3.05. The summed E-state index contributed by atoms with van der Waals surface area (Å²) in [7, 11) is 0. The zero-order valence-electron chi connectivity index (χ0n) is 30.4. The van der Waals surface area contributed by atoms with Gasteiger partial charge in [0.05, 0.1) is 0 Å². The number of carboxylic acids is 1. The second-order valence-corrected chi connectivity index (χ2v) is 13.1. The quantitative estimate of drug-likeness (QED) is 0.0424. The van der Waals surface area contributed by atoms with Crippen LogP contribution in [-0.2, 0) is 14.3 Å². The lowest BCUT2D eigenvalue weighted by Crippen LogP contribution is -2.27. The van der Waals surface area contributed by atoms with Crippen molar-refractivity contribution in [1.29, 1.82) is 0 Å². The zero-order valence-corrected chi connectivity index (χ0v) is 30.4. The van der Waals surface area contributed by atoms with Crippen LogP contribution >= 0.6 is 0 Å². The molecule has 0 fully saturated rings. The zero-order chi connectivity index (χ0) is 33.6. The predicted molar refractivity (Wildman–Crippen MR) is 199 cm³/mol. The number of hydrogen-bond acceptors (Lipinski definition) is 3. The van der Waals surface area contributed by atoms with Crippen molar-refractivity contribution in [3.63, 3.8) is 0 Å². The minimum Gasteiger partial charge on any atom is -0.479 e. The Bertz CT molecular complexity index is 779. The highest BCUT2D eigenvalue weighted by molar-refractivity contribution is 5.77. The number of carbonyl (C=O) groups is 2. The van der Waals surface area contributed by atoms with E-state index in [4.69, 9.17) is 4.74 Å². The molecule has 4 nitrogen and oxygen atoms in total. The molecule has 0 spiro atoms. The SMILES string of the molecule is CCCCC/C=C\C/C=C\C/C=C\C/C=C\CCCCCCCC(=O)OC(CCCCCCCCCCCCCCCC)C(=O)O. The van der Waals surface area contributed by atoms with E-state index in [1.165, 1.54) is 103 Å². The third-order valence-corrected chi connectivity index (χ3v) is 8.58. The van der Waals surface area contributed by atoms with Crippen LogP contribution in [0.4, 0.5) is 0 Å². The van der Waals surface area contributed by atoms with Crippen LogP contribution in [0.2, 0.25) is 0 Å². The molecule has 266 valence electrons. The van der Waals surface area contributed by atoms with Crippen LogP contribution in [0.5, 0.6) is 0 Å². The van der Waals surface area contributed by atoms with E-state index in [9.17, 15) is 14.7 Å². The van der Waals surface area contributed by atoms with Gasteiger partial charge in [0.2, 0.25) is 0 Å². The van der Waals surface area contributed by atoms with Gasteiger partial charge >= 0.3 is 11.9 Å². The minimum atomic E-state index is -1.01. The summed E-state index contributed by atoms with van der Waals surface area (Å²) in [5.74, 6) is -1.38. The molecule has 0 heterocycles. The molecule has 0 amide bonds. The molecule has 0 bridgehead atoms. The Hall–Kier alpha value is -2.10. The summed E-state index contributed by atoms with van der Waals surface area (Å²) < 4.78 is 5.31. The van der Waals surface area contributed by atoms with Crippen molar-refractivity contribution >= 4 is 11.9 Å². The molecule has 0 aliphatic carbocycles. The lowest BCUT2D eigenvalue weighted by atomic mass is 10.0. The summed E-state index contributed by atoms with van der Waals surface area (Å²) in [4.78, 5) is 23.8.